The van der Waals surface area contributed by atoms with Crippen LogP contribution in [0.3, 0.4) is 0 Å². The molecule has 1 heterocycles. The third kappa shape index (κ3) is 1.63. The molecule has 0 amide bonds. The molecule has 74 valence electrons. The minimum atomic E-state index is -0.145. The second kappa shape index (κ2) is 3.80. The molecule has 3 N–H and O–H groups in total. The summed E-state index contributed by atoms with van der Waals surface area (Å²) in [7, 11) is 0. The van der Waals surface area contributed by atoms with Crippen LogP contribution in [-0.4, -0.2) is 11.5 Å². The van der Waals surface area contributed by atoms with Gasteiger partial charge in [0.25, 0.3) is 0 Å². The third-order valence-corrected chi connectivity index (χ3v) is 2.37. The molecule has 0 atom stereocenters. The number of fused-ring (bicyclic) bond motifs is 1. The van der Waals surface area contributed by atoms with E-state index in [1.165, 1.54) is 0 Å². The van der Waals surface area contributed by atoms with Crippen LogP contribution in [0.1, 0.15) is 12.0 Å². The van der Waals surface area contributed by atoms with Crippen molar-refractivity contribution < 1.29 is 4.39 Å². The second-order valence-corrected chi connectivity index (χ2v) is 3.40. The van der Waals surface area contributed by atoms with Crippen LogP contribution in [0.5, 0.6) is 0 Å². The summed E-state index contributed by atoms with van der Waals surface area (Å²) >= 11 is 0. The molecular weight excluding hydrogens is 179 g/mol. The predicted molar refractivity (Wildman–Crippen MR) is 55.6 cm³/mol. The van der Waals surface area contributed by atoms with Crippen LogP contribution in [0, 0.1) is 5.82 Å². The summed E-state index contributed by atoms with van der Waals surface area (Å²) in [6.07, 6.45) is 3.35. The van der Waals surface area contributed by atoms with Crippen molar-refractivity contribution in [3.8, 4) is 0 Å². The van der Waals surface area contributed by atoms with Crippen LogP contribution < -0.4 is 5.73 Å². The molecule has 0 aliphatic rings. The van der Waals surface area contributed by atoms with E-state index < -0.39 is 0 Å². The lowest BCUT2D eigenvalue weighted by atomic mass is 10.1. The highest BCUT2D eigenvalue weighted by molar-refractivity contribution is 5.80. The zero-order valence-electron chi connectivity index (χ0n) is 7.89. The average Bonchev–Trinajstić information content (AvgIpc) is 2.61. The van der Waals surface area contributed by atoms with Crippen LogP contribution in [-0.2, 0) is 6.42 Å². The smallest absolute Gasteiger partial charge is 0.128 e. The predicted octanol–water partition coefficient (Wildman–Crippen LogP) is 2.20. The summed E-state index contributed by atoms with van der Waals surface area (Å²) in [5, 5.41) is 1.05. The first-order chi connectivity index (χ1) is 6.81. The molecule has 0 bridgehead atoms. The Morgan fingerprint density at radius 1 is 1.36 bits per heavy atom. The number of aromatic nitrogens is 1. The zero-order chi connectivity index (χ0) is 9.97. The molecule has 2 rings (SSSR count). The van der Waals surface area contributed by atoms with Gasteiger partial charge in [0.15, 0.2) is 0 Å². The minimum Gasteiger partial charge on any atom is -0.361 e. The summed E-state index contributed by atoms with van der Waals surface area (Å²) in [5.41, 5.74) is 6.99. The van der Waals surface area contributed by atoms with Gasteiger partial charge >= 0.3 is 0 Å². The van der Waals surface area contributed by atoms with E-state index in [1.807, 2.05) is 18.3 Å². The summed E-state index contributed by atoms with van der Waals surface area (Å²) in [6, 6.07) is 5.37. The molecule has 1 aromatic heterocycles. The highest BCUT2D eigenvalue weighted by Crippen LogP contribution is 2.18. The fourth-order valence-electron chi connectivity index (χ4n) is 1.61. The van der Waals surface area contributed by atoms with E-state index >= 15 is 0 Å². The van der Waals surface area contributed by atoms with Crippen molar-refractivity contribution in [2.75, 3.05) is 6.54 Å². The molecule has 0 saturated carbocycles. The number of nitrogens with one attached hydrogen (secondary N) is 1. The van der Waals surface area contributed by atoms with Gasteiger partial charge in [0.05, 0.1) is 0 Å². The van der Waals surface area contributed by atoms with Crippen molar-refractivity contribution in [2.24, 2.45) is 5.73 Å². The molecule has 0 saturated heterocycles. The van der Waals surface area contributed by atoms with Crippen molar-refractivity contribution in [1.29, 1.82) is 0 Å². The van der Waals surface area contributed by atoms with Gasteiger partial charge in [-0.2, -0.15) is 0 Å². The lowest BCUT2D eigenvalue weighted by molar-refractivity contribution is 0.607. The monoisotopic (exact) mass is 192 g/mol. The van der Waals surface area contributed by atoms with Gasteiger partial charge < -0.3 is 10.7 Å². The molecule has 2 nitrogen and oxygen atoms in total. The number of benzene rings is 1. The van der Waals surface area contributed by atoms with E-state index in [4.69, 9.17) is 5.73 Å². The number of halogens is 1. The lowest BCUT2D eigenvalue weighted by Gasteiger charge is -2.02. The SMILES string of the molecule is NCCCc1cc2cc[nH]c2cc1F. The van der Waals surface area contributed by atoms with Crippen molar-refractivity contribution >= 4 is 10.9 Å². The number of rotatable bonds is 3. The quantitative estimate of drug-likeness (QED) is 0.769. The standard InChI is InChI=1S/C11H13FN2/c12-10-7-11-9(3-5-14-11)6-8(10)2-1-4-13/h3,5-7,14H,1-2,4,13H2. The Morgan fingerprint density at radius 2 is 2.21 bits per heavy atom. The van der Waals surface area contributed by atoms with Gasteiger partial charge in [0.2, 0.25) is 0 Å². The van der Waals surface area contributed by atoms with Gasteiger partial charge in [0, 0.05) is 11.7 Å². The van der Waals surface area contributed by atoms with E-state index in [0.717, 1.165) is 22.9 Å². The number of hydrogen-bond acceptors (Lipinski definition) is 1. The number of H-pyrrole nitrogens is 1. The van der Waals surface area contributed by atoms with Gasteiger partial charge in [-0.1, -0.05) is 0 Å². The van der Waals surface area contributed by atoms with E-state index in [9.17, 15) is 4.39 Å². The van der Waals surface area contributed by atoms with Gasteiger partial charge in [-0.15, -0.1) is 0 Å². The maximum absolute atomic E-state index is 13.5. The maximum atomic E-state index is 13.5. The Hall–Kier alpha value is -1.35. The van der Waals surface area contributed by atoms with E-state index in [0.29, 0.717) is 13.0 Å². The van der Waals surface area contributed by atoms with Gasteiger partial charge in [-0.3, -0.25) is 0 Å². The molecule has 1 aromatic carbocycles. The molecule has 0 radical (unpaired) electrons. The van der Waals surface area contributed by atoms with Crippen molar-refractivity contribution in [3.63, 3.8) is 0 Å². The highest BCUT2D eigenvalue weighted by Gasteiger charge is 2.04. The fourth-order valence-corrected chi connectivity index (χ4v) is 1.61. The Bertz CT molecular complexity index is 434. The van der Waals surface area contributed by atoms with E-state index in [1.54, 1.807) is 6.07 Å². The Morgan fingerprint density at radius 3 is 3.00 bits per heavy atom. The number of aryl methyl sites for hydroxylation is 1. The van der Waals surface area contributed by atoms with E-state index in [-0.39, 0.29) is 5.82 Å². The largest absolute Gasteiger partial charge is 0.361 e. The van der Waals surface area contributed by atoms with Crippen LogP contribution in [0.15, 0.2) is 24.4 Å². The molecule has 2 aromatic rings. The maximum Gasteiger partial charge on any atom is 0.128 e. The fraction of sp³-hybridized carbons (Fsp3) is 0.273. The number of hydrogen-bond donors (Lipinski definition) is 2. The third-order valence-electron chi connectivity index (χ3n) is 2.37. The summed E-state index contributed by atoms with van der Waals surface area (Å²) in [6.45, 7) is 0.602. The van der Waals surface area contributed by atoms with Gasteiger partial charge in [-0.05, 0) is 48.5 Å². The Labute approximate surface area is 81.9 Å². The Balaban J connectivity index is 2.38. The van der Waals surface area contributed by atoms with Crippen LogP contribution >= 0.6 is 0 Å². The first kappa shape index (κ1) is 9.21. The van der Waals surface area contributed by atoms with Crippen LogP contribution in [0.25, 0.3) is 10.9 Å². The van der Waals surface area contributed by atoms with Gasteiger partial charge in [-0.25, -0.2) is 4.39 Å². The molecule has 14 heavy (non-hydrogen) atoms. The van der Waals surface area contributed by atoms with E-state index in [2.05, 4.69) is 4.98 Å². The zero-order valence-corrected chi connectivity index (χ0v) is 7.89. The van der Waals surface area contributed by atoms with Crippen LogP contribution in [0.2, 0.25) is 0 Å². The normalized spacial score (nSPS) is 11.0. The Kier molecular flexibility index (Phi) is 2.50. The lowest BCUT2D eigenvalue weighted by Crippen LogP contribution is -2.01. The molecule has 0 unspecified atom stereocenters. The minimum absolute atomic E-state index is 0.145. The molecule has 0 fully saturated rings. The molecular formula is C11H13FN2. The number of aromatic amines is 1. The number of nitrogens with two attached hydrogens (primary N) is 1. The summed E-state index contributed by atoms with van der Waals surface area (Å²) in [4.78, 5) is 2.98. The molecule has 0 aliphatic heterocycles. The van der Waals surface area contributed by atoms with Crippen molar-refractivity contribution in [1.82, 2.24) is 4.98 Å². The second-order valence-electron chi connectivity index (χ2n) is 3.40. The first-order valence-corrected chi connectivity index (χ1v) is 4.77. The van der Waals surface area contributed by atoms with Crippen molar-refractivity contribution in [3.05, 3.63) is 35.8 Å². The average molecular weight is 192 g/mol. The van der Waals surface area contributed by atoms with Gasteiger partial charge in [0.1, 0.15) is 5.82 Å². The first-order valence-electron chi connectivity index (χ1n) is 4.77. The summed E-state index contributed by atoms with van der Waals surface area (Å²) < 4.78 is 13.5. The topological polar surface area (TPSA) is 41.8 Å². The molecule has 3 heteroatoms. The molecule has 0 aliphatic carbocycles. The summed E-state index contributed by atoms with van der Waals surface area (Å²) in [5.74, 6) is -0.145. The highest BCUT2D eigenvalue weighted by atomic mass is 19.1. The molecule has 0 spiro atoms. The van der Waals surface area contributed by atoms with Crippen molar-refractivity contribution in [2.45, 2.75) is 12.8 Å². The van der Waals surface area contributed by atoms with Crippen LogP contribution in [0.4, 0.5) is 4.39 Å².